The predicted molar refractivity (Wildman–Crippen MR) is 53.2 cm³/mol. The highest BCUT2D eigenvalue weighted by Crippen LogP contribution is 2.34. The van der Waals surface area contributed by atoms with Gasteiger partial charge in [-0.1, -0.05) is 0 Å². The fourth-order valence-corrected chi connectivity index (χ4v) is 2.49. The summed E-state index contributed by atoms with van der Waals surface area (Å²) in [4.78, 5) is 2.50. The van der Waals surface area contributed by atoms with Gasteiger partial charge >= 0.3 is 0 Å². The zero-order chi connectivity index (χ0) is 8.48. The van der Waals surface area contributed by atoms with E-state index in [9.17, 15) is 0 Å². The van der Waals surface area contributed by atoms with Crippen LogP contribution in [0.25, 0.3) is 0 Å². The lowest BCUT2D eigenvalue weighted by atomic mass is 10.0. The maximum absolute atomic E-state index is 2.50. The van der Waals surface area contributed by atoms with E-state index in [4.69, 9.17) is 0 Å². The van der Waals surface area contributed by atoms with Crippen LogP contribution in [0.2, 0.25) is 0 Å². The summed E-state index contributed by atoms with van der Waals surface area (Å²) in [6.07, 6.45) is 4.97. The molecule has 1 heterocycles. The Hall–Kier alpha value is 0.310. The van der Waals surface area contributed by atoms with Gasteiger partial charge in [0.2, 0.25) is 0 Å². The van der Waals surface area contributed by atoms with Crippen molar-refractivity contribution in [3.63, 3.8) is 0 Å². The van der Waals surface area contributed by atoms with Crippen molar-refractivity contribution in [3.8, 4) is 0 Å². The quantitative estimate of drug-likeness (QED) is 0.630. The second-order valence-electron chi connectivity index (χ2n) is 3.95. The lowest BCUT2D eigenvalue weighted by Crippen LogP contribution is -2.41. The van der Waals surface area contributed by atoms with Crippen LogP contribution in [0.1, 0.15) is 26.7 Å². The van der Waals surface area contributed by atoms with Crippen LogP contribution >= 0.6 is 11.8 Å². The summed E-state index contributed by atoms with van der Waals surface area (Å²) in [5.41, 5.74) is 0. The first-order valence-corrected chi connectivity index (χ1v) is 5.56. The van der Waals surface area contributed by atoms with E-state index < -0.39 is 0 Å². The third kappa shape index (κ3) is 1.91. The van der Waals surface area contributed by atoms with Crippen LogP contribution in [-0.2, 0) is 0 Å². The Kier molecular flexibility index (Phi) is 2.87. The van der Waals surface area contributed by atoms with Gasteiger partial charge < -0.3 is 4.90 Å². The van der Waals surface area contributed by atoms with E-state index >= 15 is 0 Å². The lowest BCUT2D eigenvalue weighted by Gasteiger charge is -2.34. The fourth-order valence-electron chi connectivity index (χ4n) is 1.92. The van der Waals surface area contributed by atoms with Crippen LogP contribution in [0.15, 0.2) is 0 Å². The van der Waals surface area contributed by atoms with Gasteiger partial charge in [0, 0.05) is 10.8 Å². The standard InChI is InChI=1S/C9H19NS/c1-9(2,11-4)8-6-5-7-10(8)3/h8H,5-7H2,1-4H3/t8-/m0/s1. The SMILES string of the molecule is CSC(C)(C)[C@@H]1CCCN1C. The Morgan fingerprint density at radius 2 is 2.09 bits per heavy atom. The normalized spacial score (nSPS) is 27.8. The average molecular weight is 173 g/mol. The van der Waals surface area contributed by atoms with E-state index in [2.05, 4.69) is 32.1 Å². The fraction of sp³-hybridized carbons (Fsp3) is 1.00. The molecule has 0 aromatic rings. The average Bonchev–Trinajstić information content (AvgIpc) is 2.36. The first kappa shape index (κ1) is 9.40. The maximum Gasteiger partial charge on any atom is 0.0256 e. The first-order chi connectivity index (χ1) is 5.08. The maximum atomic E-state index is 2.50. The molecule has 1 aliphatic heterocycles. The molecule has 0 amide bonds. The number of rotatable bonds is 2. The molecule has 0 bridgehead atoms. The van der Waals surface area contributed by atoms with Crippen molar-refractivity contribution in [1.29, 1.82) is 0 Å². The molecule has 0 aromatic heterocycles. The molecule has 66 valence electrons. The minimum atomic E-state index is 0.436. The summed E-state index contributed by atoms with van der Waals surface area (Å²) in [6.45, 7) is 5.99. The van der Waals surface area contributed by atoms with Crippen LogP contribution in [0.3, 0.4) is 0 Å². The van der Waals surface area contributed by atoms with Gasteiger partial charge in [-0.2, -0.15) is 11.8 Å². The number of hydrogen-bond donors (Lipinski definition) is 0. The molecule has 0 spiro atoms. The topological polar surface area (TPSA) is 3.24 Å². The van der Waals surface area contributed by atoms with Crippen LogP contribution in [0.5, 0.6) is 0 Å². The minimum Gasteiger partial charge on any atom is -0.302 e. The molecule has 0 unspecified atom stereocenters. The largest absolute Gasteiger partial charge is 0.302 e. The molecule has 2 heteroatoms. The van der Waals surface area contributed by atoms with Gasteiger partial charge in [0.05, 0.1) is 0 Å². The van der Waals surface area contributed by atoms with Gasteiger partial charge in [-0.25, -0.2) is 0 Å². The summed E-state index contributed by atoms with van der Waals surface area (Å²) >= 11 is 1.99. The molecule has 1 rings (SSSR count). The summed E-state index contributed by atoms with van der Waals surface area (Å²) in [7, 11) is 2.25. The third-order valence-electron chi connectivity index (χ3n) is 2.85. The van der Waals surface area contributed by atoms with Gasteiger partial charge in [0.25, 0.3) is 0 Å². The molecule has 0 radical (unpaired) electrons. The highest BCUT2D eigenvalue weighted by Gasteiger charge is 2.34. The van der Waals surface area contributed by atoms with Gasteiger partial charge in [-0.15, -0.1) is 0 Å². The van der Waals surface area contributed by atoms with Crippen molar-refractivity contribution in [2.75, 3.05) is 19.8 Å². The Morgan fingerprint density at radius 3 is 2.45 bits per heavy atom. The lowest BCUT2D eigenvalue weighted by molar-refractivity contribution is 0.270. The van der Waals surface area contributed by atoms with Crippen molar-refractivity contribution in [2.45, 2.75) is 37.5 Å². The highest BCUT2D eigenvalue weighted by molar-refractivity contribution is 8.00. The molecule has 1 aliphatic rings. The van der Waals surface area contributed by atoms with Crippen LogP contribution < -0.4 is 0 Å². The molecule has 0 aliphatic carbocycles. The smallest absolute Gasteiger partial charge is 0.0256 e. The van der Waals surface area contributed by atoms with Crippen LogP contribution in [-0.4, -0.2) is 35.5 Å². The van der Waals surface area contributed by atoms with Crippen molar-refractivity contribution < 1.29 is 0 Å². The van der Waals surface area contributed by atoms with E-state index in [0.29, 0.717) is 4.75 Å². The number of likely N-dealkylation sites (tertiary alicyclic amines) is 1. The van der Waals surface area contributed by atoms with Crippen molar-refractivity contribution in [1.82, 2.24) is 4.90 Å². The van der Waals surface area contributed by atoms with E-state index in [1.54, 1.807) is 0 Å². The molecule has 1 nitrogen and oxygen atoms in total. The molecule has 0 N–H and O–H groups in total. The van der Waals surface area contributed by atoms with Crippen molar-refractivity contribution >= 4 is 11.8 Å². The van der Waals surface area contributed by atoms with Crippen LogP contribution in [0.4, 0.5) is 0 Å². The Morgan fingerprint density at radius 1 is 1.45 bits per heavy atom. The first-order valence-electron chi connectivity index (χ1n) is 4.33. The summed E-state index contributed by atoms with van der Waals surface area (Å²) in [5, 5.41) is 0. The third-order valence-corrected chi connectivity index (χ3v) is 4.17. The summed E-state index contributed by atoms with van der Waals surface area (Å²) in [6, 6.07) is 0.789. The number of nitrogens with zero attached hydrogens (tertiary/aromatic N) is 1. The molecule has 1 atom stereocenters. The minimum absolute atomic E-state index is 0.436. The van der Waals surface area contributed by atoms with Gasteiger partial charge in [-0.05, 0) is 46.5 Å². The molecular weight excluding hydrogens is 154 g/mol. The molecular formula is C9H19NS. The monoisotopic (exact) mass is 173 g/mol. The Labute approximate surface area is 74.5 Å². The van der Waals surface area contributed by atoms with Crippen LogP contribution in [0, 0.1) is 0 Å². The van der Waals surface area contributed by atoms with E-state index in [-0.39, 0.29) is 0 Å². The van der Waals surface area contributed by atoms with Gasteiger partial charge in [0.15, 0.2) is 0 Å². The van der Waals surface area contributed by atoms with Gasteiger partial charge in [0.1, 0.15) is 0 Å². The molecule has 0 saturated carbocycles. The molecule has 0 aromatic carbocycles. The van der Waals surface area contributed by atoms with E-state index in [1.807, 2.05) is 11.8 Å². The number of hydrogen-bond acceptors (Lipinski definition) is 2. The second-order valence-corrected chi connectivity index (χ2v) is 5.41. The molecule has 1 saturated heterocycles. The van der Waals surface area contributed by atoms with Crippen molar-refractivity contribution in [3.05, 3.63) is 0 Å². The zero-order valence-corrected chi connectivity index (χ0v) is 8.87. The van der Waals surface area contributed by atoms with Gasteiger partial charge in [-0.3, -0.25) is 0 Å². The van der Waals surface area contributed by atoms with E-state index in [1.165, 1.54) is 19.4 Å². The zero-order valence-electron chi connectivity index (χ0n) is 8.05. The second kappa shape index (κ2) is 3.36. The van der Waals surface area contributed by atoms with E-state index in [0.717, 1.165) is 6.04 Å². The Balaban J connectivity index is 2.58. The Bertz CT molecular complexity index is 134. The summed E-state index contributed by atoms with van der Waals surface area (Å²) < 4.78 is 0.436. The highest BCUT2D eigenvalue weighted by atomic mass is 32.2. The number of thioether (sulfide) groups is 1. The molecule has 1 fully saturated rings. The predicted octanol–water partition coefficient (Wildman–Crippen LogP) is 2.22. The summed E-state index contributed by atoms with van der Waals surface area (Å²) in [5.74, 6) is 0. The van der Waals surface area contributed by atoms with Crippen molar-refractivity contribution in [2.24, 2.45) is 0 Å². The molecule has 11 heavy (non-hydrogen) atoms.